The van der Waals surface area contributed by atoms with E-state index in [1.165, 1.54) is 6.21 Å². The lowest BCUT2D eigenvalue weighted by Gasteiger charge is -2.01. The molecule has 1 aromatic heterocycles. The molecular weight excluding hydrogens is 311 g/mol. The number of hydrogen-bond acceptors (Lipinski definition) is 3. The Bertz CT molecular complexity index is 705. The van der Waals surface area contributed by atoms with Gasteiger partial charge in [0.15, 0.2) is 0 Å². The van der Waals surface area contributed by atoms with Crippen molar-refractivity contribution in [2.45, 2.75) is 12.8 Å². The minimum Gasteiger partial charge on any atom is -0.455 e. The van der Waals surface area contributed by atoms with E-state index in [9.17, 15) is 4.79 Å². The van der Waals surface area contributed by atoms with Crippen LogP contribution in [0.1, 0.15) is 18.6 Å². The van der Waals surface area contributed by atoms with E-state index in [1.54, 1.807) is 30.3 Å². The van der Waals surface area contributed by atoms with E-state index in [0.29, 0.717) is 27.1 Å². The third kappa shape index (κ3) is 3.46. The van der Waals surface area contributed by atoms with Gasteiger partial charge in [0, 0.05) is 16.5 Å². The minimum atomic E-state index is -0.0454. The maximum Gasteiger partial charge on any atom is 0.243 e. The average molecular weight is 323 g/mol. The summed E-state index contributed by atoms with van der Waals surface area (Å²) in [5.74, 6) is 1.20. The Hall–Kier alpha value is -1.78. The van der Waals surface area contributed by atoms with Crippen molar-refractivity contribution in [1.82, 2.24) is 5.43 Å². The largest absolute Gasteiger partial charge is 0.455 e. The number of rotatable bonds is 4. The van der Waals surface area contributed by atoms with Crippen molar-refractivity contribution in [2.75, 3.05) is 0 Å². The quantitative estimate of drug-likeness (QED) is 0.680. The highest BCUT2D eigenvalue weighted by molar-refractivity contribution is 6.35. The van der Waals surface area contributed by atoms with Gasteiger partial charge in [-0.05, 0) is 43.2 Å². The molecule has 1 amide bonds. The Morgan fingerprint density at radius 1 is 1.29 bits per heavy atom. The Morgan fingerprint density at radius 2 is 2.10 bits per heavy atom. The summed E-state index contributed by atoms with van der Waals surface area (Å²) < 4.78 is 5.62. The molecule has 6 heteroatoms. The number of benzene rings is 1. The van der Waals surface area contributed by atoms with E-state index in [-0.39, 0.29) is 11.8 Å². The molecule has 1 aromatic carbocycles. The van der Waals surface area contributed by atoms with Crippen molar-refractivity contribution in [3.8, 4) is 11.3 Å². The maximum atomic E-state index is 11.4. The van der Waals surface area contributed by atoms with Crippen LogP contribution in [0.2, 0.25) is 10.0 Å². The van der Waals surface area contributed by atoms with Gasteiger partial charge in [-0.2, -0.15) is 5.10 Å². The first-order chi connectivity index (χ1) is 10.1. The number of hydrazone groups is 1. The van der Waals surface area contributed by atoms with Gasteiger partial charge in [0.05, 0.1) is 11.2 Å². The van der Waals surface area contributed by atoms with Gasteiger partial charge < -0.3 is 4.42 Å². The second-order valence-electron chi connectivity index (χ2n) is 4.83. The normalized spacial score (nSPS) is 14.6. The second kappa shape index (κ2) is 5.92. The number of carbonyl (C=O) groups is 1. The molecule has 1 saturated carbocycles. The molecule has 0 radical (unpaired) electrons. The Kier molecular flexibility index (Phi) is 3.99. The summed E-state index contributed by atoms with van der Waals surface area (Å²) in [4.78, 5) is 11.4. The Balaban J connectivity index is 1.72. The molecule has 1 N–H and O–H groups in total. The third-order valence-electron chi connectivity index (χ3n) is 3.14. The van der Waals surface area contributed by atoms with Crippen LogP contribution in [0.4, 0.5) is 0 Å². The predicted molar refractivity (Wildman–Crippen MR) is 82.6 cm³/mol. The molecule has 1 aliphatic rings. The molecule has 1 aliphatic carbocycles. The molecule has 0 unspecified atom stereocenters. The van der Waals surface area contributed by atoms with Crippen molar-refractivity contribution in [3.05, 3.63) is 46.1 Å². The zero-order chi connectivity index (χ0) is 14.8. The molecular formula is C15H12Cl2N2O2. The standard InChI is InChI=1S/C15H12Cl2N2O2/c16-10-3-5-13(17)12(7-10)14-6-4-11(21-14)8-18-19-15(20)9-1-2-9/h3-9H,1-2H2,(H,19,20)/b18-8+. The topological polar surface area (TPSA) is 54.6 Å². The fourth-order valence-corrected chi connectivity index (χ4v) is 2.23. The summed E-state index contributed by atoms with van der Waals surface area (Å²) >= 11 is 12.1. The highest BCUT2D eigenvalue weighted by Crippen LogP contribution is 2.31. The Labute approximate surface area is 131 Å². The Morgan fingerprint density at radius 3 is 2.86 bits per heavy atom. The molecule has 2 aromatic rings. The van der Waals surface area contributed by atoms with Crippen LogP contribution in [0.5, 0.6) is 0 Å². The number of nitrogens with zero attached hydrogens (tertiary/aromatic N) is 1. The molecule has 1 fully saturated rings. The summed E-state index contributed by atoms with van der Waals surface area (Å²) in [6, 6.07) is 8.69. The van der Waals surface area contributed by atoms with Crippen LogP contribution in [0, 0.1) is 5.92 Å². The van der Waals surface area contributed by atoms with Crippen molar-refractivity contribution < 1.29 is 9.21 Å². The van der Waals surface area contributed by atoms with Gasteiger partial charge >= 0.3 is 0 Å². The van der Waals surface area contributed by atoms with E-state index >= 15 is 0 Å². The number of furan rings is 1. The number of hydrogen-bond donors (Lipinski definition) is 1. The average Bonchev–Trinajstić information content (AvgIpc) is 3.22. The van der Waals surface area contributed by atoms with Gasteiger partial charge in [0.1, 0.15) is 11.5 Å². The summed E-state index contributed by atoms with van der Waals surface area (Å²) in [5, 5.41) is 5.01. The summed E-state index contributed by atoms with van der Waals surface area (Å²) in [5.41, 5.74) is 3.20. The van der Waals surface area contributed by atoms with Gasteiger partial charge in [-0.25, -0.2) is 5.43 Å². The molecule has 1 heterocycles. The van der Waals surface area contributed by atoms with Crippen molar-refractivity contribution in [3.63, 3.8) is 0 Å². The SMILES string of the molecule is O=C(N/N=C/c1ccc(-c2cc(Cl)ccc2Cl)o1)C1CC1. The minimum absolute atomic E-state index is 0.0454. The first kappa shape index (κ1) is 14.2. The van der Waals surface area contributed by atoms with E-state index in [0.717, 1.165) is 12.8 Å². The van der Waals surface area contributed by atoms with Gasteiger partial charge in [-0.1, -0.05) is 23.2 Å². The zero-order valence-electron chi connectivity index (χ0n) is 11.0. The van der Waals surface area contributed by atoms with Crippen LogP contribution >= 0.6 is 23.2 Å². The fourth-order valence-electron chi connectivity index (χ4n) is 1.85. The highest BCUT2D eigenvalue weighted by Gasteiger charge is 2.29. The second-order valence-corrected chi connectivity index (χ2v) is 5.68. The lowest BCUT2D eigenvalue weighted by Crippen LogP contribution is -2.18. The lowest BCUT2D eigenvalue weighted by atomic mass is 10.2. The van der Waals surface area contributed by atoms with Crippen molar-refractivity contribution in [2.24, 2.45) is 11.0 Å². The summed E-state index contributed by atoms with van der Waals surface area (Å²) in [6.45, 7) is 0. The third-order valence-corrected chi connectivity index (χ3v) is 3.70. The maximum absolute atomic E-state index is 11.4. The molecule has 0 aliphatic heterocycles. The number of carbonyl (C=O) groups excluding carboxylic acids is 1. The van der Waals surface area contributed by atoms with Crippen LogP contribution in [0.15, 0.2) is 39.9 Å². The van der Waals surface area contributed by atoms with Crippen molar-refractivity contribution >= 4 is 35.3 Å². The summed E-state index contributed by atoms with van der Waals surface area (Å²) in [6.07, 6.45) is 3.35. The van der Waals surface area contributed by atoms with Crippen molar-refractivity contribution in [1.29, 1.82) is 0 Å². The van der Waals surface area contributed by atoms with E-state index < -0.39 is 0 Å². The van der Waals surface area contributed by atoms with Gasteiger partial charge in [0.25, 0.3) is 0 Å². The van der Waals surface area contributed by atoms with E-state index in [2.05, 4.69) is 10.5 Å². The van der Waals surface area contributed by atoms with Crippen LogP contribution in [0.25, 0.3) is 11.3 Å². The van der Waals surface area contributed by atoms with E-state index in [1.807, 2.05) is 0 Å². The van der Waals surface area contributed by atoms with Gasteiger partial charge in [-0.3, -0.25) is 4.79 Å². The lowest BCUT2D eigenvalue weighted by molar-refractivity contribution is -0.122. The monoisotopic (exact) mass is 322 g/mol. The first-order valence-corrected chi connectivity index (χ1v) is 7.27. The number of amides is 1. The number of nitrogens with one attached hydrogen (secondary N) is 1. The predicted octanol–water partition coefficient (Wildman–Crippen LogP) is 4.11. The van der Waals surface area contributed by atoms with Gasteiger partial charge in [-0.15, -0.1) is 0 Å². The highest BCUT2D eigenvalue weighted by atomic mass is 35.5. The molecule has 0 bridgehead atoms. The fraction of sp³-hybridized carbons (Fsp3) is 0.200. The van der Waals surface area contributed by atoms with Crippen LogP contribution in [0.3, 0.4) is 0 Å². The smallest absolute Gasteiger partial charge is 0.243 e. The summed E-state index contributed by atoms with van der Waals surface area (Å²) in [7, 11) is 0. The van der Waals surface area contributed by atoms with E-state index in [4.69, 9.17) is 27.6 Å². The first-order valence-electron chi connectivity index (χ1n) is 6.51. The molecule has 3 rings (SSSR count). The molecule has 0 spiro atoms. The molecule has 21 heavy (non-hydrogen) atoms. The van der Waals surface area contributed by atoms with Crippen LogP contribution in [-0.2, 0) is 4.79 Å². The molecule has 0 saturated heterocycles. The zero-order valence-corrected chi connectivity index (χ0v) is 12.5. The molecule has 0 atom stereocenters. The van der Waals surface area contributed by atoms with Gasteiger partial charge in [0.2, 0.25) is 5.91 Å². The molecule has 4 nitrogen and oxygen atoms in total. The van der Waals surface area contributed by atoms with Crippen LogP contribution in [-0.4, -0.2) is 12.1 Å². The molecule has 108 valence electrons. The van der Waals surface area contributed by atoms with Crippen LogP contribution < -0.4 is 5.43 Å². The number of halogens is 2.